The quantitative estimate of drug-likeness (QED) is 0.230. The number of nitrogens with zero attached hydrogens (tertiary/aromatic N) is 3. The average molecular weight is 543 g/mol. The minimum atomic E-state index is -2.74. The van der Waals surface area contributed by atoms with Crippen molar-refractivity contribution in [2.45, 2.75) is 70.4 Å². The summed E-state index contributed by atoms with van der Waals surface area (Å²) in [6.45, 7) is 7.12. The van der Waals surface area contributed by atoms with Crippen LogP contribution in [0.15, 0.2) is 0 Å². The number of carbonyl (C=O) groups excluding carboxylic acids is 1. The largest absolute Gasteiger partial charge is 0.481 e. The van der Waals surface area contributed by atoms with Crippen molar-refractivity contribution >= 4 is 23.8 Å². The van der Waals surface area contributed by atoms with E-state index in [9.17, 15) is 19.2 Å². The molecule has 1 unspecified atom stereocenters. The van der Waals surface area contributed by atoms with Gasteiger partial charge in [-0.3, -0.25) is 14.4 Å². The summed E-state index contributed by atoms with van der Waals surface area (Å²) in [4.78, 5) is 53.9. The number of aliphatic carboxylic acids is 3. The Morgan fingerprint density at radius 2 is 1.58 bits per heavy atom. The van der Waals surface area contributed by atoms with E-state index in [1.54, 1.807) is 0 Å². The second kappa shape index (κ2) is 15.7. The third-order valence-electron chi connectivity index (χ3n) is 5.94. The molecule has 1 aliphatic rings. The monoisotopic (exact) mass is 542 g/mol. The van der Waals surface area contributed by atoms with Crippen molar-refractivity contribution in [3.05, 3.63) is 11.3 Å². The number of rotatable bonds is 13. The van der Waals surface area contributed by atoms with Crippen molar-refractivity contribution in [1.29, 1.82) is 0 Å². The van der Waals surface area contributed by atoms with Gasteiger partial charge in [-0.15, -0.1) is 0 Å². The number of piperidine rings is 1. The molecule has 214 valence electrons. The third-order valence-corrected chi connectivity index (χ3v) is 5.94. The number of carboxylic acids is 3. The molecule has 2 rings (SSSR count). The molecule has 1 amide bonds. The van der Waals surface area contributed by atoms with Gasteiger partial charge in [0.1, 0.15) is 0 Å². The van der Waals surface area contributed by atoms with E-state index in [-0.39, 0.29) is 24.4 Å². The molecule has 1 atom stereocenters. The summed E-state index contributed by atoms with van der Waals surface area (Å²) in [7, 11) is 3.04. The van der Waals surface area contributed by atoms with Crippen LogP contribution >= 0.6 is 0 Å². The molecule has 0 aromatic carbocycles. The number of amides is 1. The molecule has 1 aliphatic heterocycles. The fourth-order valence-corrected chi connectivity index (χ4v) is 3.89. The number of aliphatic hydroxyl groups is 1. The molecular weight excluding hydrogens is 504 g/mol. The Kier molecular flexibility index (Phi) is 13.4. The Bertz CT molecular complexity index is 950. The fraction of sp³-hybridized carbons (Fsp3) is 0.667. The molecule has 14 heteroatoms. The number of likely N-dealkylation sites (tertiary alicyclic amines) is 1. The predicted octanol–water partition coefficient (Wildman–Crippen LogP) is 0.477. The minimum Gasteiger partial charge on any atom is -0.481 e. The first-order valence-corrected chi connectivity index (χ1v) is 12.2. The van der Waals surface area contributed by atoms with Gasteiger partial charge in [-0.05, 0) is 39.3 Å². The van der Waals surface area contributed by atoms with Gasteiger partial charge in [0.15, 0.2) is 5.60 Å². The number of aromatic nitrogens is 2. The first kappa shape index (κ1) is 32.5. The second-order valence-corrected chi connectivity index (χ2v) is 8.97. The van der Waals surface area contributed by atoms with E-state index in [0.29, 0.717) is 17.1 Å². The molecule has 2 heterocycles. The number of hydrogen-bond donors (Lipinski definition) is 5. The van der Waals surface area contributed by atoms with E-state index >= 15 is 0 Å². The lowest BCUT2D eigenvalue weighted by molar-refractivity contribution is -0.170. The molecule has 0 spiro atoms. The predicted molar refractivity (Wildman–Crippen MR) is 133 cm³/mol. The lowest BCUT2D eigenvalue weighted by atomic mass is 9.96. The second-order valence-electron chi connectivity index (χ2n) is 8.97. The number of hydrogen-bond acceptors (Lipinski definition) is 10. The molecule has 0 bridgehead atoms. The van der Waals surface area contributed by atoms with Gasteiger partial charge < -0.3 is 40.1 Å². The normalized spacial score (nSPS) is 14.4. The number of ether oxygens (including phenoxy) is 2. The Labute approximate surface area is 221 Å². The van der Waals surface area contributed by atoms with Crippen molar-refractivity contribution < 1.29 is 49.1 Å². The Morgan fingerprint density at radius 1 is 1.00 bits per heavy atom. The highest BCUT2D eigenvalue weighted by molar-refractivity contribution is 5.88. The van der Waals surface area contributed by atoms with Crippen LogP contribution in [-0.4, -0.2) is 105 Å². The van der Waals surface area contributed by atoms with Crippen LogP contribution in [0, 0.1) is 6.92 Å². The average Bonchev–Trinajstić information content (AvgIpc) is 2.84. The number of carboxylic acid groups (broad SMARTS) is 3. The zero-order chi connectivity index (χ0) is 28.9. The highest BCUT2D eigenvalue weighted by atomic mass is 16.5. The topological polar surface area (TPSA) is 209 Å². The SMILES string of the molecule is CCC(CN1CCCCC1)NC(=O)Cc1c(C)nc(OC)nc1OC.O=C(O)CC(O)(CC(=O)O)C(=O)O. The van der Waals surface area contributed by atoms with Gasteiger partial charge in [-0.2, -0.15) is 4.98 Å². The van der Waals surface area contributed by atoms with Crippen molar-refractivity contribution in [2.75, 3.05) is 33.9 Å². The molecule has 14 nitrogen and oxygen atoms in total. The third kappa shape index (κ3) is 10.8. The summed E-state index contributed by atoms with van der Waals surface area (Å²) >= 11 is 0. The standard InChI is InChI=1S/C18H30N4O3.C6H8O7/c1-5-14(12-22-9-7-6-8-10-22)20-16(23)11-15-13(2)19-18(25-4)21-17(15)24-3;7-3(8)1-6(13,5(11)12)2-4(9)10/h14H,5-12H2,1-4H3,(H,20,23);13H,1-2H2,(H,7,8)(H,9,10)(H,11,12). The van der Waals surface area contributed by atoms with Crippen LogP contribution in [0.5, 0.6) is 11.9 Å². The first-order valence-electron chi connectivity index (χ1n) is 12.2. The Hall–Kier alpha value is -3.52. The van der Waals surface area contributed by atoms with Crippen LogP contribution in [0.2, 0.25) is 0 Å². The van der Waals surface area contributed by atoms with Crippen molar-refractivity contribution in [1.82, 2.24) is 20.2 Å². The lowest BCUT2D eigenvalue weighted by Crippen LogP contribution is -2.45. The van der Waals surface area contributed by atoms with E-state index in [1.165, 1.54) is 33.5 Å². The maximum Gasteiger partial charge on any atom is 0.336 e. The van der Waals surface area contributed by atoms with Gasteiger partial charge in [-0.25, -0.2) is 9.78 Å². The van der Waals surface area contributed by atoms with Crippen LogP contribution in [0.3, 0.4) is 0 Å². The summed E-state index contributed by atoms with van der Waals surface area (Å²) in [5.74, 6) is -4.66. The molecule has 1 fully saturated rings. The number of carbonyl (C=O) groups is 4. The van der Waals surface area contributed by atoms with E-state index in [2.05, 4.69) is 27.1 Å². The Morgan fingerprint density at radius 3 is 2.03 bits per heavy atom. The maximum absolute atomic E-state index is 12.5. The zero-order valence-corrected chi connectivity index (χ0v) is 22.2. The summed E-state index contributed by atoms with van der Waals surface area (Å²) < 4.78 is 10.4. The lowest BCUT2D eigenvalue weighted by Gasteiger charge is -2.30. The highest BCUT2D eigenvalue weighted by Gasteiger charge is 2.40. The van der Waals surface area contributed by atoms with Gasteiger partial charge in [-0.1, -0.05) is 13.3 Å². The highest BCUT2D eigenvalue weighted by Crippen LogP contribution is 2.22. The molecule has 1 saturated heterocycles. The molecule has 0 saturated carbocycles. The van der Waals surface area contributed by atoms with Crippen LogP contribution in [0.25, 0.3) is 0 Å². The van der Waals surface area contributed by atoms with Crippen molar-refractivity contribution in [3.63, 3.8) is 0 Å². The van der Waals surface area contributed by atoms with Crippen LogP contribution in [0.4, 0.5) is 0 Å². The van der Waals surface area contributed by atoms with E-state index in [1.807, 2.05) is 6.92 Å². The molecule has 1 aromatic rings. The Balaban J connectivity index is 0.000000471. The first-order chi connectivity index (χ1) is 17.8. The van der Waals surface area contributed by atoms with Gasteiger partial charge in [0, 0.05) is 18.2 Å². The maximum atomic E-state index is 12.5. The molecule has 1 aromatic heterocycles. The summed E-state index contributed by atoms with van der Waals surface area (Å²) in [6.07, 6.45) is 2.65. The summed E-state index contributed by atoms with van der Waals surface area (Å²) in [6, 6.07) is 0.408. The molecule has 38 heavy (non-hydrogen) atoms. The number of aryl methyl sites for hydroxylation is 1. The van der Waals surface area contributed by atoms with Gasteiger partial charge >= 0.3 is 23.9 Å². The minimum absolute atomic E-state index is 0.0287. The van der Waals surface area contributed by atoms with Gasteiger partial charge in [0.25, 0.3) is 0 Å². The van der Waals surface area contributed by atoms with Gasteiger partial charge in [0.05, 0.1) is 39.2 Å². The van der Waals surface area contributed by atoms with Crippen molar-refractivity contribution in [3.8, 4) is 11.9 Å². The molecular formula is C24H38N4O10. The van der Waals surface area contributed by atoms with E-state index < -0.39 is 36.4 Å². The fourth-order valence-electron chi connectivity index (χ4n) is 3.89. The van der Waals surface area contributed by atoms with Crippen LogP contribution < -0.4 is 14.8 Å². The molecule has 0 radical (unpaired) electrons. The van der Waals surface area contributed by atoms with Crippen molar-refractivity contribution in [2.24, 2.45) is 0 Å². The number of methoxy groups -OCH3 is 2. The summed E-state index contributed by atoms with van der Waals surface area (Å²) in [5, 5.41) is 37.0. The smallest absolute Gasteiger partial charge is 0.336 e. The van der Waals surface area contributed by atoms with Crippen LogP contribution in [0.1, 0.15) is 56.7 Å². The number of nitrogens with one attached hydrogen (secondary N) is 1. The molecule has 0 aliphatic carbocycles. The summed E-state index contributed by atoms with van der Waals surface area (Å²) in [5.41, 5.74) is -1.34. The molecule has 5 N–H and O–H groups in total. The van der Waals surface area contributed by atoms with Crippen LogP contribution in [-0.2, 0) is 25.6 Å². The zero-order valence-electron chi connectivity index (χ0n) is 22.2. The van der Waals surface area contributed by atoms with E-state index in [0.717, 1.165) is 26.1 Å². The van der Waals surface area contributed by atoms with Gasteiger partial charge in [0.2, 0.25) is 11.8 Å². The van der Waals surface area contributed by atoms with E-state index in [4.69, 9.17) is 29.9 Å².